The standard InChI is InChI=1S/C24H25FN4O4/c25-18-14-17(6-7-20(18)29-10-12-33-13-11-29)28-24(32)22-19(8-9-26-23(22)31)27-15-21(30)16-4-2-1-3-5-16/h1-9,14,21,30H,10-13,15H2,(H,28,32)(H2,26,27,31)/t21-/m1/s1. The summed E-state index contributed by atoms with van der Waals surface area (Å²) >= 11 is 0. The van der Waals surface area contributed by atoms with Crippen molar-refractivity contribution in [3.05, 3.63) is 88.1 Å². The number of nitrogens with one attached hydrogen (secondary N) is 3. The summed E-state index contributed by atoms with van der Waals surface area (Å²) < 4.78 is 20.0. The zero-order valence-electron chi connectivity index (χ0n) is 17.9. The van der Waals surface area contributed by atoms with Gasteiger partial charge in [0.1, 0.15) is 11.4 Å². The third-order valence-electron chi connectivity index (χ3n) is 5.42. The van der Waals surface area contributed by atoms with Crippen molar-refractivity contribution in [1.29, 1.82) is 0 Å². The van der Waals surface area contributed by atoms with Gasteiger partial charge in [0.15, 0.2) is 0 Å². The second kappa shape index (κ2) is 10.3. The quantitative estimate of drug-likeness (QED) is 0.439. The fraction of sp³-hybridized carbons (Fsp3) is 0.250. The number of aliphatic hydroxyl groups is 1. The number of anilines is 3. The van der Waals surface area contributed by atoms with Crippen LogP contribution in [0.5, 0.6) is 0 Å². The zero-order valence-corrected chi connectivity index (χ0v) is 17.9. The predicted octanol–water partition coefficient (Wildman–Crippen LogP) is 2.75. The zero-order chi connectivity index (χ0) is 23.2. The van der Waals surface area contributed by atoms with Crippen LogP contribution in [0.4, 0.5) is 21.5 Å². The number of aromatic nitrogens is 1. The lowest BCUT2D eigenvalue weighted by Crippen LogP contribution is -2.36. The highest BCUT2D eigenvalue weighted by Gasteiger charge is 2.19. The molecule has 1 saturated heterocycles. The van der Waals surface area contributed by atoms with Crippen molar-refractivity contribution in [2.45, 2.75) is 6.10 Å². The number of morpholine rings is 1. The number of carbonyl (C=O) groups excluding carboxylic acids is 1. The van der Waals surface area contributed by atoms with E-state index in [1.165, 1.54) is 18.3 Å². The third kappa shape index (κ3) is 5.39. The molecule has 8 nitrogen and oxygen atoms in total. The predicted molar refractivity (Wildman–Crippen MR) is 124 cm³/mol. The molecule has 1 aromatic heterocycles. The normalized spacial score (nSPS) is 14.5. The summed E-state index contributed by atoms with van der Waals surface area (Å²) in [6.07, 6.45) is 0.580. The Morgan fingerprint density at radius 2 is 1.91 bits per heavy atom. The van der Waals surface area contributed by atoms with Crippen LogP contribution in [-0.4, -0.2) is 48.8 Å². The van der Waals surface area contributed by atoms with Crippen LogP contribution in [0.3, 0.4) is 0 Å². The molecular formula is C24H25FN4O4. The van der Waals surface area contributed by atoms with Crippen LogP contribution in [0.15, 0.2) is 65.6 Å². The number of carbonyl (C=O) groups is 1. The number of aliphatic hydroxyl groups excluding tert-OH is 1. The Hall–Kier alpha value is -3.69. The molecule has 0 saturated carbocycles. The van der Waals surface area contributed by atoms with Crippen LogP contribution in [0.1, 0.15) is 22.0 Å². The Labute approximate surface area is 190 Å². The van der Waals surface area contributed by atoms with Gasteiger partial charge >= 0.3 is 0 Å². The second-order valence-corrected chi connectivity index (χ2v) is 7.62. The van der Waals surface area contributed by atoms with Gasteiger partial charge in [-0.2, -0.15) is 0 Å². The number of H-pyrrole nitrogens is 1. The molecule has 1 fully saturated rings. The van der Waals surface area contributed by atoms with Crippen LogP contribution in [0.2, 0.25) is 0 Å². The Kier molecular flexibility index (Phi) is 7.01. The number of amides is 1. The summed E-state index contributed by atoms with van der Waals surface area (Å²) in [5.74, 6) is -1.16. The maximum Gasteiger partial charge on any atom is 0.263 e. The summed E-state index contributed by atoms with van der Waals surface area (Å²) in [5.41, 5.74) is 0.875. The highest BCUT2D eigenvalue weighted by molar-refractivity contribution is 6.07. The van der Waals surface area contributed by atoms with Gasteiger partial charge in [-0.1, -0.05) is 30.3 Å². The van der Waals surface area contributed by atoms with Crippen molar-refractivity contribution in [3.63, 3.8) is 0 Å². The lowest BCUT2D eigenvalue weighted by atomic mass is 10.1. The molecule has 4 N–H and O–H groups in total. The molecule has 9 heteroatoms. The van der Waals surface area contributed by atoms with Crippen molar-refractivity contribution in [2.24, 2.45) is 0 Å². The van der Waals surface area contributed by atoms with E-state index in [-0.39, 0.29) is 23.5 Å². The van der Waals surface area contributed by atoms with Crippen molar-refractivity contribution in [1.82, 2.24) is 4.98 Å². The van der Waals surface area contributed by atoms with Gasteiger partial charge in [0.25, 0.3) is 11.5 Å². The van der Waals surface area contributed by atoms with Gasteiger partial charge in [0.2, 0.25) is 0 Å². The topological polar surface area (TPSA) is 107 Å². The van der Waals surface area contributed by atoms with Crippen molar-refractivity contribution >= 4 is 23.0 Å². The molecule has 0 bridgehead atoms. The van der Waals surface area contributed by atoms with E-state index in [9.17, 15) is 19.1 Å². The van der Waals surface area contributed by atoms with E-state index < -0.39 is 23.4 Å². The van der Waals surface area contributed by atoms with E-state index in [1.54, 1.807) is 24.3 Å². The Morgan fingerprint density at radius 3 is 2.64 bits per heavy atom. The molecule has 2 aromatic carbocycles. The van der Waals surface area contributed by atoms with E-state index >= 15 is 0 Å². The largest absolute Gasteiger partial charge is 0.387 e. The maximum absolute atomic E-state index is 14.7. The monoisotopic (exact) mass is 452 g/mol. The second-order valence-electron chi connectivity index (χ2n) is 7.62. The number of halogens is 1. The molecule has 1 aliphatic heterocycles. The SMILES string of the molecule is O=C(Nc1ccc(N2CCOCC2)c(F)c1)c1c(NC[C@@H](O)c2ccccc2)cc[nH]c1=O. The average molecular weight is 452 g/mol. The lowest BCUT2D eigenvalue weighted by Gasteiger charge is -2.29. The van der Waals surface area contributed by atoms with Gasteiger partial charge < -0.3 is 30.4 Å². The molecule has 4 rings (SSSR count). The first-order valence-corrected chi connectivity index (χ1v) is 10.6. The van der Waals surface area contributed by atoms with E-state index in [0.717, 1.165) is 0 Å². The van der Waals surface area contributed by atoms with E-state index in [2.05, 4.69) is 15.6 Å². The summed E-state index contributed by atoms with van der Waals surface area (Å²) in [5, 5.41) is 15.9. The molecule has 1 amide bonds. The molecule has 1 atom stereocenters. The molecule has 1 aliphatic rings. The number of rotatable bonds is 7. The number of hydrogen-bond donors (Lipinski definition) is 4. The van der Waals surface area contributed by atoms with Crippen LogP contribution in [0, 0.1) is 5.82 Å². The fourth-order valence-electron chi connectivity index (χ4n) is 3.69. The summed E-state index contributed by atoms with van der Waals surface area (Å²) in [6.45, 7) is 2.33. The number of aromatic amines is 1. The van der Waals surface area contributed by atoms with E-state index in [1.807, 2.05) is 23.1 Å². The van der Waals surface area contributed by atoms with Crippen LogP contribution >= 0.6 is 0 Å². The first kappa shape index (κ1) is 22.5. The summed E-state index contributed by atoms with van der Waals surface area (Å²) in [7, 11) is 0. The molecule has 0 radical (unpaired) electrons. The number of nitrogens with zero attached hydrogens (tertiary/aromatic N) is 1. The molecule has 3 aromatic rings. The lowest BCUT2D eigenvalue weighted by molar-refractivity contribution is 0.102. The van der Waals surface area contributed by atoms with Gasteiger partial charge in [-0.25, -0.2) is 4.39 Å². The third-order valence-corrected chi connectivity index (χ3v) is 5.42. The van der Waals surface area contributed by atoms with Crippen LogP contribution in [-0.2, 0) is 4.74 Å². The number of pyridine rings is 1. The molecule has 0 spiro atoms. The van der Waals surface area contributed by atoms with Gasteiger partial charge in [0.05, 0.1) is 30.7 Å². The smallest absolute Gasteiger partial charge is 0.263 e. The van der Waals surface area contributed by atoms with Crippen molar-refractivity contribution in [2.75, 3.05) is 48.4 Å². The Morgan fingerprint density at radius 1 is 1.15 bits per heavy atom. The molecule has 33 heavy (non-hydrogen) atoms. The molecule has 2 heterocycles. The van der Waals surface area contributed by atoms with E-state index in [0.29, 0.717) is 37.6 Å². The van der Waals surface area contributed by atoms with Crippen molar-refractivity contribution < 1.29 is 19.0 Å². The highest BCUT2D eigenvalue weighted by Crippen LogP contribution is 2.24. The maximum atomic E-state index is 14.7. The summed E-state index contributed by atoms with van der Waals surface area (Å²) in [4.78, 5) is 29.6. The fourth-order valence-corrected chi connectivity index (χ4v) is 3.69. The number of ether oxygens (including phenoxy) is 1. The van der Waals surface area contributed by atoms with Gasteiger partial charge in [-0.15, -0.1) is 0 Å². The van der Waals surface area contributed by atoms with Crippen molar-refractivity contribution in [3.8, 4) is 0 Å². The van der Waals surface area contributed by atoms with Crippen LogP contribution < -0.4 is 21.1 Å². The van der Waals surface area contributed by atoms with Gasteiger partial charge in [-0.05, 0) is 29.8 Å². The molecule has 172 valence electrons. The number of benzene rings is 2. The molecule has 0 aliphatic carbocycles. The number of hydrogen-bond acceptors (Lipinski definition) is 6. The molecule has 0 unspecified atom stereocenters. The summed E-state index contributed by atoms with van der Waals surface area (Å²) in [6, 6.07) is 15.0. The minimum atomic E-state index is -0.830. The average Bonchev–Trinajstić information content (AvgIpc) is 2.83. The first-order valence-electron chi connectivity index (χ1n) is 10.6. The van der Waals surface area contributed by atoms with Gasteiger partial charge in [-0.3, -0.25) is 9.59 Å². The Balaban J connectivity index is 1.48. The minimum Gasteiger partial charge on any atom is -0.387 e. The first-order chi connectivity index (χ1) is 16.0. The highest BCUT2D eigenvalue weighted by atomic mass is 19.1. The van der Waals surface area contributed by atoms with Gasteiger partial charge in [0, 0.05) is 31.5 Å². The van der Waals surface area contributed by atoms with E-state index in [4.69, 9.17) is 4.74 Å². The Bertz CT molecular complexity index is 1160. The molecular weight excluding hydrogens is 427 g/mol. The van der Waals surface area contributed by atoms with Crippen LogP contribution in [0.25, 0.3) is 0 Å². The minimum absolute atomic E-state index is 0.0939.